The first-order valence-corrected chi connectivity index (χ1v) is 6.09. The smallest absolute Gasteiger partial charge is 0.368 e. The van der Waals surface area contributed by atoms with Crippen molar-refractivity contribution < 1.29 is 23.4 Å². The predicted molar refractivity (Wildman–Crippen MR) is 69.3 cm³/mol. The third-order valence-corrected chi connectivity index (χ3v) is 3.39. The van der Waals surface area contributed by atoms with E-state index in [0.29, 0.717) is 16.7 Å². The molecule has 4 nitrogen and oxygen atoms in total. The molecule has 0 amide bonds. The number of ether oxygens (including phenoxy) is 1. The molecule has 1 aromatic carbocycles. The average molecular weight is 304 g/mol. The SMILES string of the molecule is COC(=O)c1ccc(C2=CNC(O)(C(F)(F)Cl)C2)cc1. The third-order valence-electron chi connectivity index (χ3n) is 3.08. The molecular weight excluding hydrogens is 292 g/mol. The molecule has 7 heteroatoms. The van der Waals surface area contributed by atoms with E-state index in [2.05, 4.69) is 10.1 Å². The van der Waals surface area contributed by atoms with Gasteiger partial charge in [0.05, 0.1) is 12.7 Å². The maximum absolute atomic E-state index is 13.1. The minimum Gasteiger partial charge on any atom is -0.465 e. The summed E-state index contributed by atoms with van der Waals surface area (Å²) >= 11 is 4.88. The highest BCUT2D eigenvalue weighted by Crippen LogP contribution is 2.41. The highest BCUT2D eigenvalue weighted by atomic mass is 35.5. The molecule has 0 spiro atoms. The van der Waals surface area contributed by atoms with Gasteiger partial charge in [0.2, 0.25) is 5.72 Å². The lowest BCUT2D eigenvalue weighted by molar-refractivity contribution is -0.131. The maximum atomic E-state index is 13.1. The van der Waals surface area contributed by atoms with Gasteiger partial charge in [-0.1, -0.05) is 12.1 Å². The quantitative estimate of drug-likeness (QED) is 0.665. The van der Waals surface area contributed by atoms with E-state index < -0.39 is 17.1 Å². The number of hydrogen-bond donors (Lipinski definition) is 2. The van der Waals surface area contributed by atoms with Gasteiger partial charge < -0.3 is 15.2 Å². The first-order valence-electron chi connectivity index (χ1n) is 5.71. The van der Waals surface area contributed by atoms with Crippen molar-refractivity contribution in [3.05, 3.63) is 41.6 Å². The van der Waals surface area contributed by atoms with Crippen molar-refractivity contribution in [2.24, 2.45) is 0 Å². The van der Waals surface area contributed by atoms with Crippen LogP contribution in [0.3, 0.4) is 0 Å². The molecule has 0 aromatic heterocycles. The number of carbonyl (C=O) groups excluding carboxylic acids is 1. The van der Waals surface area contributed by atoms with Crippen molar-refractivity contribution in [2.45, 2.75) is 17.5 Å². The molecule has 0 aliphatic carbocycles. The van der Waals surface area contributed by atoms with Crippen LogP contribution in [0.1, 0.15) is 22.3 Å². The van der Waals surface area contributed by atoms with Crippen LogP contribution in [0.15, 0.2) is 30.5 Å². The summed E-state index contributed by atoms with van der Waals surface area (Å²) in [4.78, 5) is 11.3. The summed E-state index contributed by atoms with van der Waals surface area (Å²) in [6, 6.07) is 6.19. The van der Waals surface area contributed by atoms with E-state index in [-0.39, 0.29) is 6.42 Å². The Balaban J connectivity index is 2.17. The van der Waals surface area contributed by atoms with E-state index in [1.54, 1.807) is 12.1 Å². The van der Waals surface area contributed by atoms with Crippen LogP contribution in [0.4, 0.5) is 8.78 Å². The first-order chi connectivity index (χ1) is 9.27. The standard InChI is InChI=1S/C13H12ClF2NO3/c1-20-11(18)9-4-2-8(3-5-9)10-6-12(19,17-7-10)13(14,15)16/h2-5,7,17,19H,6H2,1H3. The molecule has 1 atom stereocenters. The summed E-state index contributed by atoms with van der Waals surface area (Å²) in [5, 5.41) is 8.12. The molecule has 1 aliphatic rings. The predicted octanol–water partition coefficient (Wildman–Crippen LogP) is 2.33. The summed E-state index contributed by atoms with van der Waals surface area (Å²) < 4.78 is 30.7. The van der Waals surface area contributed by atoms with E-state index in [4.69, 9.17) is 11.6 Å². The van der Waals surface area contributed by atoms with Crippen LogP contribution in [0.5, 0.6) is 0 Å². The van der Waals surface area contributed by atoms with Crippen molar-refractivity contribution in [1.82, 2.24) is 5.32 Å². The summed E-state index contributed by atoms with van der Waals surface area (Å²) in [5.74, 6) is -0.487. The van der Waals surface area contributed by atoms with Gasteiger partial charge in [-0.2, -0.15) is 8.78 Å². The number of halogens is 3. The van der Waals surface area contributed by atoms with Crippen molar-refractivity contribution >= 4 is 23.1 Å². The molecule has 0 radical (unpaired) electrons. The van der Waals surface area contributed by atoms with E-state index in [9.17, 15) is 18.7 Å². The zero-order valence-corrected chi connectivity index (χ0v) is 11.2. The van der Waals surface area contributed by atoms with Crippen LogP contribution in [-0.2, 0) is 4.74 Å². The number of methoxy groups -OCH3 is 1. The molecule has 1 aromatic rings. The minimum absolute atomic E-state index is 0.346. The van der Waals surface area contributed by atoms with Gasteiger partial charge in [0.1, 0.15) is 0 Å². The number of rotatable bonds is 3. The number of hydrogen-bond acceptors (Lipinski definition) is 4. The molecular formula is C13H12ClF2NO3. The molecule has 0 bridgehead atoms. The third kappa shape index (κ3) is 2.62. The van der Waals surface area contributed by atoms with Crippen LogP contribution in [-0.4, -0.2) is 29.3 Å². The molecule has 1 heterocycles. The highest BCUT2D eigenvalue weighted by Gasteiger charge is 2.53. The lowest BCUT2D eigenvalue weighted by Gasteiger charge is -2.27. The van der Waals surface area contributed by atoms with Crippen molar-refractivity contribution in [3.63, 3.8) is 0 Å². The van der Waals surface area contributed by atoms with E-state index in [1.165, 1.54) is 25.4 Å². The van der Waals surface area contributed by atoms with Crippen LogP contribution in [0.2, 0.25) is 0 Å². The Labute approximate surface area is 119 Å². The van der Waals surface area contributed by atoms with E-state index in [1.807, 2.05) is 0 Å². The Kier molecular flexibility index (Phi) is 3.71. The monoisotopic (exact) mass is 303 g/mol. The largest absolute Gasteiger partial charge is 0.465 e. The van der Waals surface area contributed by atoms with E-state index >= 15 is 0 Å². The molecule has 108 valence electrons. The van der Waals surface area contributed by atoms with Crippen molar-refractivity contribution in [2.75, 3.05) is 7.11 Å². The number of carbonyl (C=O) groups is 1. The Morgan fingerprint density at radius 1 is 1.45 bits per heavy atom. The molecule has 0 saturated heterocycles. The number of benzene rings is 1. The van der Waals surface area contributed by atoms with Crippen molar-refractivity contribution in [1.29, 1.82) is 0 Å². The zero-order chi connectivity index (χ0) is 15.0. The Hall–Kier alpha value is -1.66. The number of nitrogens with one attached hydrogen (secondary N) is 1. The summed E-state index contributed by atoms with van der Waals surface area (Å²) in [7, 11) is 1.27. The lowest BCUT2D eigenvalue weighted by atomic mass is 9.99. The summed E-state index contributed by atoms with van der Waals surface area (Å²) in [6.45, 7) is 0. The van der Waals surface area contributed by atoms with Gasteiger partial charge in [-0.05, 0) is 34.9 Å². The van der Waals surface area contributed by atoms with Gasteiger partial charge in [-0.15, -0.1) is 0 Å². The number of aliphatic hydroxyl groups is 1. The van der Waals surface area contributed by atoms with Gasteiger partial charge >= 0.3 is 11.4 Å². The molecule has 1 unspecified atom stereocenters. The van der Waals surface area contributed by atoms with Gasteiger partial charge in [0.15, 0.2) is 0 Å². The lowest BCUT2D eigenvalue weighted by Crippen LogP contribution is -2.51. The second kappa shape index (κ2) is 5.03. The number of alkyl halides is 3. The normalized spacial score (nSPS) is 22.1. The van der Waals surface area contributed by atoms with E-state index in [0.717, 1.165) is 0 Å². The molecule has 0 saturated carbocycles. The molecule has 2 rings (SSSR count). The van der Waals surface area contributed by atoms with Gasteiger partial charge in [0, 0.05) is 12.6 Å². The van der Waals surface area contributed by atoms with Crippen LogP contribution < -0.4 is 5.32 Å². The van der Waals surface area contributed by atoms with Crippen LogP contribution in [0.25, 0.3) is 5.57 Å². The van der Waals surface area contributed by atoms with Crippen LogP contribution >= 0.6 is 11.6 Å². The Morgan fingerprint density at radius 2 is 2.05 bits per heavy atom. The number of esters is 1. The fourth-order valence-corrected chi connectivity index (χ4v) is 2.01. The molecule has 2 N–H and O–H groups in total. The molecule has 1 aliphatic heterocycles. The van der Waals surface area contributed by atoms with Crippen molar-refractivity contribution in [3.8, 4) is 0 Å². The van der Waals surface area contributed by atoms with Crippen LogP contribution in [0, 0.1) is 0 Å². The highest BCUT2D eigenvalue weighted by molar-refractivity contribution is 6.22. The second-order valence-corrected chi connectivity index (χ2v) is 4.89. The summed E-state index contributed by atoms with van der Waals surface area (Å²) in [6.07, 6.45) is 0.935. The minimum atomic E-state index is -3.79. The summed E-state index contributed by atoms with van der Waals surface area (Å²) in [5.41, 5.74) is -1.10. The topological polar surface area (TPSA) is 58.6 Å². The molecule has 0 fully saturated rings. The average Bonchev–Trinajstić information content (AvgIpc) is 2.82. The Bertz CT molecular complexity index is 554. The van der Waals surface area contributed by atoms with Gasteiger partial charge in [-0.25, -0.2) is 4.79 Å². The Morgan fingerprint density at radius 3 is 2.50 bits per heavy atom. The zero-order valence-electron chi connectivity index (χ0n) is 10.5. The van der Waals surface area contributed by atoms with Gasteiger partial charge in [-0.3, -0.25) is 0 Å². The fraction of sp³-hybridized carbons (Fsp3) is 0.308. The fourth-order valence-electron chi connectivity index (χ4n) is 1.89. The van der Waals surface area contributed by atoms with Gasteiger partial charge in [0.25, 0.3) is 0 Å². The molecule has 20 heavy (non-hydrogen) atoms. The second-order valence-electron chi connectivity index (χ2n) is 4.42. The first kappa shape index (κ1) is 14.7. The maximum Gasteiger partial charge on any atom is 0.368 e.